The average molecular weight is 349 g/mol. The number of nitrogens with one attached hydrogen (secondary N) is 1. The lowest BCUT2D eigenvalue weighted by Gasteiger charge is -2.35. The van der Waals surface area contributed by atoms with Crippen LogP contribution in [0, 0.1) is 6.92 Å². The Morgan fingerprint density at radius 1 is 1.42 bits per heavy atom. The first-order chi connectivity index (χ1) is 11.5. The van der Waals surface area contributed by atoms with Crippen LogP contribution in [0.15, 0.2) is 17.8 Å². The Kier molecular flexibility index (Phi) is 5.15. The number of nitrogens with zero attached hydrogens (tertiary/aromatic N) is 4. The average Bonchev–Trinajstić information content (AvgIpc) is 3.13. The van der Waals surface area contributed by atoms with Gasteiger partial charge in [0.05, 0.1) is 30.6 Å². The molecule has 1 fully saturated rings. The minimum Gasteiger partial charge on any atom is -0.376 e. The molecule has 0 aromatic carbocycles. The van der Waals surface area contributed by atoms with Gasteiger partial charge in [-0.3, -0.25) is 9.48 Å². The molecule has 130 valence electrons. The Morgan fingerprint density at radius 3 is 2.83 bits per heavy atom. The molecule has 0 aliphatic carbocycles. The molecular weight excluding hydrogens is 326 g/mol. The summed E-state index contributed by atoms with van der Waals surface area (Å²) in [6.45, 7) is 8.15. The second kappa shape index (κ2) is 7.31. The maximum atomic E-state index is 12.4. The minimum absolute atomic E-state index is 0.0715. The zero-order chi connectivity index (χ0) is 17.1. The maximum Gasteiger partial charge on any atom is 0.244 e. The highest BCUT2D eigenvalue weighted by Gasteiger charge is 2.25. The van der Waals surface area contributed by atoms with Gasteiger partial charge in [-0.25, -0.2) is 4.98 Å². The van der Waals surface area contributed by atoms with Crippen LogP contribution >= 0.6 is 11.3 Å². The van der Waals surface area contributed by atoms with E-state index in [1.807, 2.05) is 37.2 Å². The molecule has 3 heterocycles. The van der Waals surface area contributed by atoms with Crippen molar-refractivity contribution < 1.29 is 9.53 Å². The molecule has 2 aromatic heterocycles. The van der Waals surface area contributed by atoms with Gasteiger partial charge in [-0.2, -0.15) is 5.10 Å². The van der Waals surface area contributed by atoms with E-state index in [9.17, 15) is 4.79 Å². The number of aromatic nitrogens is 3. The molecule has 0 radical (unpaired) electrons. The fraction of sp³-hybridized carbons (Fsp3) is 0.562. The molecule has 0 saturated carbocycles. The van der Waals surface area contributed by atoms with Crippen LogP contribution in [0.1, 0.15) is 24.5 Å². The Bertz CT molecular complexity index is 688. The molecule has 7 nitrogen and oxygen atoms in total. The number of hydrogen-bond acceptors (Lipinski definition) is 6. The standard InChI is InChI=1S/C16H23N5O2S/c1-11-10-24-15(19-11)5-17-14-4-18-21(8-14)9-16(22)20-6-12(2)23-13(3)7-20/h4,8,10,12-13,17H,5-7,9H2,1-3H3/t12-,13-/m0/s1. The van der Waals surface area contributed by atoms with Crippen LogP contribution in [0.2, 0.25) is 0 Å². The number of thiazole rings is 1. The highest BCUT2D eigenvalue weighted by molar-refractivity contribution is 7.09. The van der Waals surface area contributed by atoms with Crippen LogP contribution in [0.4, 0.5) is 5.69 Å². The zero-order valence-electron chi connectivity index (χ0n) is 14.2. The number of aryl methyl sites for hydroxylation is 1. The number of rotatable bonds is 5. The molecule has 2 atom stereocenters. The summed E-state index contributed by atoms with van der Waals surface area (Å²) in [5.74, 6) is 0.0715. The molecule has 3 rings (SSSR count). The summed E-state index contributed by atoms with van der Waals surface area (Å²) < 4.78 is 7.33. The predicted octanol–water partition coefficient (Wildman–Crippen LogP) is 1.90. The van der Waals surface area contributed by atoms with Crippen LogP contribution < -0.4 is 5.32 Å². The van der Waals surface area contributed by atoms with Crippen LogP contribution in [-0.2, 0) is 22.6 Å². The van der Waals surface area contributed by atoms with Crippen molar-refractivity contribution in [2.24, 2.45) is 0 Å². The zero-order valence-corrected chi connectivity index (χ0v) is 15.0. The van der Waals surface area contributed by atoms with Crippen molar-refractivity contribution in [1.82, 2.24) is 19.7 Å². The van der Waals surface area contributed by atoms with E-state index in [2.05, 4.69) is 15.4 Å². The molecule has 24 heavy (non-hydrogen) atoms. The number of amides is 1. The van der Waals surface area contributed by atoms with Crippen molar-refractivity contribution in [2.75, 3.05) is 18.4 Å². The minimum atomic E-state index is 0.0715. The van der Waals surface area contributed by atoms with Gasteiger partial charge in [-0.15, -0.1) is 11.3 Å². The molecule has 8 heteroatoms. The van der Waals surface area contributed by atoms with Gasteiger partial charge in [0, 0.05) is 30.4 Å². The van der Waals surface area contributed by atoms with Crippen molar-refractivity contribution in [3.63, 3.8) is 0 Å². The fourth-order valence-electron chi connectivity index (χ4n) is 2.82. The van der Waals surface area contributed by atoms with Crippen molar-refractivity contribution in [1.29, 1.82) is 0 Å². The van der Waals surface area contributed by atoms with Crippen molar-refractivity contribution in [3.05, 3.63) is 28.5 Å². The number of carbonyl (C=O) groups is 1. The van der Waals surface area contributed by atoms with Crippen molar-refractivity contribution in [2.45, 2.75) is 46.1 Å². The lowest BCUT2D eigenvalue weighted by molar-refractivity contribution is -0.144. The monoisotopic (exact) mass is 349 g/mol. The summed E-state index contributed by atoms with van der Waals surface area (Å²) in [4.78, 5) is 18.7. The van der Waals surface area contributed by atoms with Gasteiger partial charge in [-0.05, 0) is 20.8 Å². The van der Waals surface area contributed by atoms with E-state index in [1.54, 1.807) is 22.2 Å². The largest absolute Gasteiger partial charge is 0.376 e. The van der Waals surface area contributed by atoms with E-state index in [4.69, 9.17) is 4.74 Å². The van der Waals surface area contributed by atoms with Gasteiger partial charge in [0.1, 0.15) is 11.6 Å². The number of carbonyl (C=O) groups excluding carboxylic acids is 1. The van der Waals surface area contributed by atoms with Crippen LogP contribution in [0.25, 0.3) is 0 Å². The SMILES string of the molecule is Cc1csc(CNc2cnn(CC(=O)N3C[C@H](C)O[C@@H](C)C3)c2)n1. The van der Waals surface area contributed by atoms with E-state index in [1.165, 1.54) is 0 Å². The lowest BCUT2D eigenvalue weighted by atomic mass is 10.2. The second-order valence-electron chi connectivity index (χ2n) is 6.22. The van der Waals surface area contributed by atoms with Gasteiger partial charge < -0.3 is 15.0 Å². The fourth-order valence-corrected chi connectivity index (χ4v) is 3.53. The Balaban J connectivity index is 1.52. The van der Waals surface area contributed by atoms with Crippen LogP contribution in [0.3, 0.4) is 0 Å². The molecule has 0 spiro atoms. The number of hydrogen-bond donors (Lipinski definition) is 1. The van der Waals surface area contributed by atoms with Gasteiger partial charge in [0.15, 0.2) is 0 Å². The second-order valence-corrected chi connectivity index (χ2v) is 7.16. The summed E-state index contributed by atoms with van der Waals surface area (Å²) in [6.07, 6.45) is 3.74. The lowest BCUT2D eigenvalue weighted by Crippen LogP contribution is -2.49. The summed E-state index contributed by atoms with van der Waals surface area (Å²) in [6, 6.07) is 0. The Morgan fingerprint density at radius 2 is 2.17 bits per heavy atom. The third-order valence-electron chi connectivity index (χ3n) is 3.81. The highest BCUT2D eigenvalue weighted by atomic mass is 32.1. The summed E-state index contributed by atoms with van der Waals surface area (Å²) >= 11 is 1.63. The van der Waals surface area contributed by atoms with Crippen LogP contribution in [-0.4, -0.2) is 50.9 Å². The Labute approximate surface area is 145 Å². The highest BCUT2D eigenvalue weighted by Crippen LogP contribution is 2.14. The molecule has 1 aliphatic rings. The van der Waals surface area contributed by atoms with E-state index in [0.717, 1.165) is 16.4 Å². The summed E-state index contributed by atoms with van der Waals surface area (Å²) in [7, 11) is 0. The first-order valence-corrected chi connectivity index (χ1v) is 8.98. The number of anilines is 1. The molecule has 2 aromatic rings. The van der Waals surface area contributed by atoms with Gasteiger partial charge >= 0.3 is 0 Å². The van der Waals surface area contributed by atoms with Crippen molar-refractivity contribution in [3.8, 4) is 0 Å². The molecule has 0 unspecified atom stereocenters. The van der Waals surface area contributed by atoms with Crippen LogP contribution in [0.5, 0.6) is 0 Å². The van der Waals surface area contributed by atoms with Gasteiger partial charge in [-0.1, -0.05) is 0 Å². The number of morpholine rings is 1. The van der Waals surface area contributed by atoms with Gasteiger partial charge in [0.2, 0.25) is 5.91 Å². The molecule has 1 amide bonds. The molecule has 0 bridgehead atoms. The predicted molar refractivity (Wildman–Crippen MR) is 93.0 cm³/mol. The van der Waals surface area contributed by atoms with Gasteiger partial charge in [0.25, 0.3) is 0 Å². The molecule has 1 N–H and O–H groups in total. The van der Waals surface area contributed by atoms with E-state index >= 15 is 0 Å². The van der Waals surface area contributed by atoms with E-state index in [-0.39, 0.29) is 24.7 Å². The first-order valence-electron chi connectivity index (χ1n) is 8.10. The normalized spacial score (nSPS) is 21.0. The third kappa shape index (κ3) is 4.33. The topological polar surface area (TPSA) is 72.3 Å². The maximum absolute atomic E-state index is 12.4. The smallest absolute Gasteiger partial charge is 0.244 e. The summed E-state index contributed by atoms with van der Waals surface area (Å²) in [5.41, 5.74) is 1.92. The quantitative estimate of drug-likeness (QED) is 0.892. The first kappa shape index (κ1) is 16.9. The van der Waals surface area contributed by atoms with Crippen molar-refractivity contribution >= 4 is 22.9 Å². The number of ether oxygens (including phenoxy) is 1. The molecule has 1 saturated heterocycles. The molecule has 1 aliphatic heterocycles. The molecular formula is C16H23N5O2S. The van der Waals surface area contributed by atoms with E-state index < -0.39 is 0 Å². The third-order valence-corrected chi connectivity index (χ3v) is 4.78. The van der Waals surface area contributed by atoms with E-state index in [0.29, 0.717) is 19.6 Å². The summed E-state index contributed by atoms with van der Waals surface area (Å²) in [5, 5.41) is 10.6. The Hall–Kier alpha value is -1.93.